The largest absolute Gasteiger partial charge is 0.466 e. The van der Waals surface area contributed by atoms with E-state index in [-0.39, 0.29) is 29.4 Å². The molecular formula is C31H53NO5. The second kappa shape index (κ2) is 11.9. The maximum atomic E-state index is 13.1. The summed E-state index contributed by atoms with van der Waals surface area (Å²) >= 11 is 0. The van der Waals surface area contributed by atoms with E-state index in [0.717, 1.165) is 32.2 Å². The lowest BCUT2D eigenvalue weighted by Gasteiger charge is -2.63. The van der Waals surface area contributed by atoms with E-state index in [9.17, 15) is 9.59 Å². The molecule has 4 unspecified atom stereocenters. The van der Waals surface area contributed by atoms with Crippen LogP contribution in [0.25, 0.3) is 0 Å². The lowest BCUT2D eigenvalue weighted by atomic mass is 9.43. The van der Waals surface area contributed by atoms with Gasteiger partial charge < -0.3 is 19.5 Å². The van der Waals surface area contributed by atoms with Crippen LogP contribution >= 0.6 is 0 Å². The molecule has 6 nitrogen and oxygen atoms in total. The minimum Gasteiger partial charge on any atom is -0.466 e. The van der Waals surface area contributed by atoms with Crippen molar-refractivity contribution in [2.24, 2.45) is 46.3 Å². The molecule has 212 valence electrons. The van der Waals surface area contributed by atoms with Crippen molar-refractivity contribution < 1.29 is 23.8 Å². The molecule has 0 aliphatic heterocycles. The minimum atomic E-state index is -0.240. The number of esters is 2. The summed E-state index contributed by atoms with van der Waals surface area (Å²) in [6, 6.07) is 0.453. The molecule has 0 aromatic carbocycles. The molecule has 4 saturated carbocycles. The van der Waals surface area contributed by atoms with Crippen LogP contribution in [0, 0.1) is 46.3 Å². The lowest BCUT2D eigenvalue weighted by Crippen LogP contribution is -2.62. The topological polar surface area (TPSA) is 73.9 Å². The van der Waals surface area contributed by atoms with Crippen molar-refractivity contribution in [1.82, 2.24) is 5.32 Å². The minimum absolute atomic E-state index is 0.0309. The number of nitrogens with one attached hydrogen (secondary N) is 1. The van der Waals surface area contributed by atoms with E-state index in [2.05, 4.69) is 33.0 Å². The molecule has 9 atom stereocenters. The van der Waals surface area contributed by atoms with Crippen molar-refractivity contribution in [3.05, 3.63) is 0 Å². The molecule has 1 N–H and O–H groups in total. The van der Waals surface area contributed by atoms with Gasteiger partial charge in [-0.15, -0.1) is 0 Å². The summed E-state index contributed by atoms with van der Waals surface area (Å²) in [5, 5.41) is 4.07. The zero-order chi connectivity index (χ0) is 26.8. The van der Waals surface area contributed by atoms with E-state index in [1.165, 1.54) is 39.0 Å². The van der Waals surface area contributed by atoms with Gasteiger partial charge in [-0.05, 0) is 112 Å². The number of carbonyl (C=O) groups excluding carboxylic acids is 2. The first kappa shape index (κ1) is 28.9. The molecule has 0 heterocycles. The zero-order valence-electron chi connectivity index (χ0n) is 24.4. The van der Waals surface area contributed by atoms with E-state index < -0.39 is 0 Å². The van der Waals surface area contributed by atoms with Crippen molar-refractivity contribution in [3.63, 3.8) is 0 Å². The smallest absolute Gasteiger partial charge is 0.309 e. The molecule has 4 fully saturated rings. The number of hydrogen-bond acceptors (Lipinski definition) is 6. The predicted molar refractivity (Wildman–Crippen MR) is 145 cm³/mol. The molecular weight excluding hydrogens is 466 g/mol. The van der Waals surface area contributed by atoms with Gasteiger partial charge in [-0.1, -0.05) is 27.7 Å². The summed E-state index contributed by atoms with van der Waals surface area (Å²) < 4.78 is 16.9. The molecule has 0 aromatic rings. The van der Waals surface area contributed by atoms with Gasteiger partial charge in [0.2, 0.25) is 0 Å². The maximum absolute atomic E-state index is 13.1. The quantitative estimate of drug-likeness (QED) is 0.292. The highest BCUT2D eigenvalue weighted by Gasteiger charge is 2.64. The van der Waals surface area contributed by atoms with E-state index in [4.69, 9.17) is 14.2 Å². The third-order valence-corrected chi connectivity index (χ3v) is 11.0. The number of rotatable bonds is 10. The number of ether oxygens (including phenoxy) is 3. The van der Waals surface area contributed by atoms with Gasteiger partial charge in [0.15, 0.2) is 0 Å². The van der Waals surface area contributed by atoms with Crippen molar-refractivity contribution in [1.29, 1.82) is 0 Å². The Morgan fingerprint density at radius 3 is 2.49 bits per heavy atom. The van der Waals surface area contributed by atoms with Crippen LogP contribution in [0.2, 0.25) is 0 Å². The number of carbonyl (C=O) groups is 2. The van der Waals surface area contributed by atoms with Crippen molar-refractivity contribution in [2.45, 2.75) is 111 Å². The molecule has 4 rings (SSSR count). The fourth-order valence-electron chi connectivity index (χ4n) is 9.34. The maximum Gasteiger partial charge on any atom is 0.309 e. The van der Waals surface area contributed by atoms with Gasteiger partial charge in [0, 0.05) is 13.0 Å². The average molecular weight is 520 g/mol. The van der Waals surface area contributed by atoms with E-state index in [1.54, 1.807) is 0 Å². The first-order valence-electron chi connectivity index (χ1n) is 15.2. The Bertz CT molecular complexity index is 800. The average Bonchev–Trinajstić information content (AvgIpc) is 3.18. The molecule has 0 bridgehead atoms. The van der Waals surface area contributed by atoms with Crippen molar-refractivity contribution >= 4 is 11.9 Å². The van der Waals surface area contributed by atoms with Crippen LogP contribution in [0.15, 0.2) is 0 Å². The molecule has 0 spiro atoms. The van der Waals surface area contributed by atoms with Gasteiger partial charge in [-0.2, -0.15) is 0 Å². The molecule has 0 radical (unpaired) electrons. The fraction of sp³-hybridized carbons (Fsp3) is 0.935. The standard InChI is InChI=1S/C31H53NO5/c1-7-35-29(34)26-11-10-25-24-9-8-22-18-23(37-17-16-36-21(4)33)12-14-30(22,5)28(24)27(19-31(25,26)6)32-15-13-20(2)3/h20,22-28,32H,7-19H2,1-6H3/t22?,23?,24-,25-,26?,27?,28-,30-,31-/m0/s1. The van der Waals surface area contributed by atoms with Crippen LogP contribution in [-0.2, 0) is 23.8 Å². The fourth-order valence-corrected chi connectivity index (χ4v) is 9.34. The molecule has 6 heteroatoms. The predicted octanol–water partition coefficient (Wildman–Crippen LogP) is 5.77. The molecule has 4 aliphatic rings. The third-order valence-electron chi connectivity index (χ3n) is 11.0. The van der Waals surface area contributed by atoms with Crippen LogP contribution in [0.1, 0.15) is 99.3 Å². The molecule has 0 saturated heterocycles. The normalized spacial score (nSPS) is 41.0. The van der Waals surface area contributed by atoms with E-state index >= 15 is 0 Å². The summed E-state index contributed by atoms with van der Waals surface area (Å²) in [5.74, 6) is 3.14. The van der Waals surface area contributed by atoms with Gasteiger partial charge in [0.05, 0.1) is 25.2 Å². The molecule has 0 aromatic heterocycles. The van der Waals surface area contributed by atoms with Crippen molar-refractivity contribution in [3.8, 4) is 0 Å². The number of hydrogen-bond donors (Lipinski definition) is 1. The SMILES string of the molecule is CCOC(=O)C1CC[C@H]2[C@@H]3CCC4CC(OCCOC(C)=O)CC[C@]4(C)[C@@H]3C(NCCC(C)C)C[C@]12C. The highest BCUT2D eigenvalue weighted by atomic mass is 16.6. The van der Waals surface area contributed by atoms with Crippen LogP contribution in [0.3, 0.4) is 0 Å². The van der Waals surface area contributed by atoms with Gasteiger partial charge >= 0.3 is 11.9 Å². The Balaban J connectivity index is 1.52. The molecule has 37 heavy (non-hydrogen) atoms. The Kier molecular flexibility index (Phi) is 9.31. The first-order valence-corrected chi connectivity index (χ1v) is 15.2. The highest BCUT2D eigenvalue weighted by molar-refractivity contribution is 5.74. The van der Waals surface area contributed by atoms with Crippen LogP contribution in [0.5, 0.6) is 0 Å². The lowest BCUT2D eigenvalue weighted by molar-refractivity contribution is -0.165. The summed E-state index contributed by atoms with van der Waals surface area (Å²) in [7, 11) is 0. The Hall–Kier alpha value is -1.14. The summed E-state index contributed by atoms with van der Waals surface area (Å²) in [4.78, 5) is 24.1. The van der Waals surface area contributed by atoms with Crippen LogP contribution in [0.4, 0.5) is 0 Å². The summed E-state index contributed by atoms with van der Waals surface area (Å²) in [6.45, 7) is 15.4. The Morgan fingerprint density at radius 2 is 1.78 bits per heavy atom. The first-order chi connectivity index (χ1) is 17.6. The monoisotopic (exact) mass is 519 g/mol. The van der Waals surface area contributed by atoms with Gasteiger partial charge in [0.25, 0.3) is 0 Å². The number of fused-ring (bicyclic) bond motifs is 5. The third kappa shape index (κ3) is 5.90. The molecule has 4 aliphatic carbocycles. The van der Waals surface area contributed by atoms with Gasteiger partial charge in [0.1, 0.15) is 6.61 Å². The summed E-state index contributed by atoms with van der Waals surface area (Å²) in [5.41, 5.74) is 0.334. The Labute approximate surface area is 225 Å². The van der Waals surface area contributed by atoms with Crippen molar-refractivity contribution in [2.75, 3.05) is 26.4 Å². The van der Waals surface area contributed by atoms with Crippen LogP contribution in [-0.4, -0.2) is 50.4 Å². The van der Waals surface area contributed by atoms with Crippen LogP contribution < -0.4 is 5.32 Å². The second-order valence-corrected chi connectivity index (χ2v) is 13.5. The van der Waals surface area contributed by atoms with Gasteiger partial charge in [-0.3, -0.25) is 9.59 Å². The zero-order valence-corrected chi connectivity index (χ0v) is 24.4. The van der Waals surface area contributed by atoms with E-state index in [0.29, 0.717) is 60.9 Å². The molecule has 0 amide bonds. The summed E-state index contributed by atoms with van der Waals surface area (Å²) in [6.07, 6.45) is 10.6. The Morgan fingerprint density at radius 1 is 1.00 bits per heavy atom. The van der Waals surface area contributed by atoms with E-state index in [1.807, 2.05) is 6.92 Å². The van der Waals surface area contributed by atoms with Gasteiger partial charge in [-0.25, -0.2) is 0 Å². The second-order valence-electron chi connectivity index (χ2n) is 13.5. The highest BCUT2D eigenvalue weighted by Crippen LogP contribution is 2.67.